The van der Waals surface area contributed by atoms with Gasteiger partial charge in [-0.3, -0.25) is 9.11 Å². The third-order valence-electron chi connectivity index (χ3n) is 9.54. The summed E-state index contributed by atoms with van der Waals surface area (Å²) in [5.74, 6) is -1.40. The molecule has 4 N–H and O–H groups in total. The normalized spacial score (nSPS) is 15.5. The largest absolute Gasteiger partial charge is 0.492 e. The first-order valence-electron chi connectivity index (χ1n) is 17.3. The molecule has 288 valence electrons. The highest BCUT2D eigenvalue weighted by atomic mass is 32.2. The number of carbonyl (C=O) groups excluding carboxylic acids is 1. The standard InChI is InChI=1S/C38H49N3O10S2/c1-7-39(6)31-19-17-27(52(45,46)47)25-29(31)37(2,3)23-13-9-8-11-15-33-38(4,5)30-26-28(53(48,49)50)18-20-32(30)40(33)24-14-10-12-16-36(44)51-41-34(42)21-22-35(41)43/h8-9,11,13,15,17-22,25-26,42-43H,7,10,12,14,16,23-24H2,1-6H3,(H,45,46,47)(H,48,49,50). The van der Waals surface area contributed by atoms with Gasteiger partial charge in [0.05, 0.1) is 9.79 Å². The minimum atomic E-state index is -4.43. The first-order chi connectivity index (χ1) is 24.7. The number of carbonyl (C=O) groups is 1. The summed E-state index contributed by atoms with van der Waals surface area (Å²) in [7, 11) is -6.88. The topological polar surface area (TPSA) is 187 Å². The van der Waals surface area contributed by atoms with E-state index in [1.807, 2.05) is 76.9 Å². The van der Waals surface area contributed by atoms with Gasteiger partial charge in [-0.1, -0.05) is 58.4 Å². The SMILES string of the molecule is CCN(C)c1ccc(S(=O)(=O)O)cc1C(C)(C)CC=CC=CC=C1N(CCCCCC(=O)On2c(O)ccc2O)c2ccc(S(=O)(=O)O)cc2C1(C)C. The van der Waals surface area contributed by atoms with Crippen LogP contribution in [0.3, 0.4) is 0 Å². The van der Waals surface area contributed by atoms with Crippen LogP contribution in [-0.2, 0) is 35.9 Å². The third kappa shape index (κ3) is 9.71. The highest BCUT2D eigenvalue weighted by molar-refractivity contribution is 7.86. The molecule has 1 aromatic heterocycles. The average molecular weight is 772 g/mol. The maximum atomic E-state index is 12.3. The zero-order valence-electron chi connectivity index (χ0n) is 30.9. The Hall–Kier alpha value is -4.57. The fraction of sp³-hybridized carbons (Fsp3) is 0.395. The Morgan fingerprint density at radius 1 is 0.887 bits per heavy atom. The van der Waals surface area contributed by atoms with Crippen molar-refractivity contribution in [3.05, 3.63) is 95.7 Å². The highest BCUT2D eigenvalue weighted by Gasteiger charge is 2.40. The monoisotopic (exact) mass is 771 g/mol. The van der Waals surface area contributed by atoms with Gasteiger partial charge in [0.25, 0.3) is 20.2 Å². The van der Waals surface area contributed by atoms with Gasteiger partial charge >= 0.3 is 5.97 Å². The van der Waals surface area contributed by atoms with E-state index in [2.05, 4.69) is 4.90 Å². The van der Waals surface area contributed by atoms with Crippen molar-refractivity contribution in [3.63, 3.8) is 0 Å². The van der Waals surface area contributed by atoms with Gasteiger partial charge in [-0.05, 0) is 85.2 Å². The summed E-state index contributed by atoms with van der Waals surface area (Å²) in [6.07, 6.45) is 12.1. The molecule has 1 aliphatic rings. The molecule has 13 nitrogen and oxygen atoms in total. The molecule has 3 aromatic rings. The summed E-state index contributed by atoms with van der Waals surface area (Å²) in [6.45, 7) is 11.2. The average Bonchev–Trinajstić information content (AvgIpc) is 3.50. The summed E-state index contributed by atoms with van der Waals surface area (Å²) >= 11 is 0. The summed E-state index contributed by atoms with van der Waals surface area (Å²) < 4.78 is 68.0. The lowest BCUT2D eigenvalue weighted by Crippen LogP contribution is -2.27. The van der Waals surface area contributed by atoms with Crippen LogP contribution in [0.5, 0.6) is 11.8 Å². The minimum absolute atomic E-state index is 0.0635. The molecule has 2 heterocycles. The fourth-order valence-electron chi connectivity index (χ4n) is 6.40. The molecule has 0 radical (unpaired) electrons. The van der Waals surface area contributed by atoms with Crippen LogP contribution in [0.2, 0.25) is 0 Å². The number of allylic oxidation sites excluding steroid dienone is 6. The molecule has 0 fully saturated rings. The second-order valence-electron chi connectivity index (χ2n) is 14.2. The minimum Gasteiger partial charge on any atom is -0.492 e. The van der Waals surface area contributed by atoms with Crippen molar-refractivity contribution in [2.45, 2.75) is 87.3 Å². The Morgan fingerprint density at radius 3 is 2.13 bits per heavy atom. The van der Waals surface area contributed by atoms with E-state index < -0.39 is 48.8 Å². The number of nitrogens with zero attached hydrogens (tertiary/aromatic N) is 3. The molecule has 2 aromatic carbocycles. The first-order valence-corrected chi connectivity index (χ1v) is 20.1. The predicted molar refractivity (Wildman–Crippen MR) is 204 cm³/mol. The highest BCUT2D eigenvalue weighted by Crippen LogP contribution is 2.48. The smallest absolute Gasteiger partial charge is 0.333 e. The molecule has 0 amide bonds. The number of unbranched alkanes of at least 4 members (excludes halogenated alkanes) is 2. The van der Waals surface area contributed by atoms with Gasteiger partial charge in [-0.2, -0.15) is 16.8 Å². The van der Waals surface area contributed by atoms with E-state index in [-0.39, 0.29) is 16.2 Å². The van der Waals surface area contributed by atoms with E-state index in [1.54, 1.807) is 12.1 Å². The summed E-state index contributed by atoms with van der Waals surface area (Å²) in [5.41, 5.74) is 2.98. The third-order valence-corrected chi connectivity index (χ3v) is 11.2. The van der Waals surface area contributed by atoms with Gasteiger partial charge < -0.3 is 24.9 Å². The summed E-state index contributed by atoms with van der Waals surface area (Å²) in [5, 5.41) is 19.4. The summed E-state index contributed by atoms with van der Waals surface area (Å²) in [4.78, 5) is 21.1. The van der Waals surface area contributed by atoms with E-state index in [0.717, 1.165) is 28.2 Å². The van der Waals surface area contributed by atoms with Crippen LogP contribution in [0.1, 0.15) is 77.8 Å². The van der Waals surface area contributed by atoms with Gasteiger partial charge in [-0.15, -0.1) is 4.73 Å². The molecule has 0 bridgehead atoms. The molecule has 0 aliphatic carbocycles. The number of aromatic hydroxyl groups is 2. The fourth-order valence-corrected chi connectivity index (χ4v) is 7.41. The lowest BCUT2D eigenvalue weighted by molar-refractivity contribution is -0.145. The van der Waals surface area contributed by atoms with E-state index in [0.29, 0.717) is 43.5 Å². The molecular formula is C38H49N3O10S2. The second kappa shape index (κ2) is 16.2. The van der Waals surface area contributed by atoms with Crippen LogP contribution in [0.15, 0.2) is 94.4 Å². The van der Waals surface area contributed by atoms with E-state index in [4.69, 9.17) is 4.84 Å². The zero-order chi connectivity index (χ0) is 39.4. The first kappa shape index (κ1) is 41.2. The Balaban J connectivity index is 1.50. The number of anilines is 2. The van der Waals surface area contributed by atoms with Crippen molar-refractivity contribution < 1.29 is 45.8 Å². The predicted octanol–water partition coefficient (Wildman–Crippen LogP) is 6.53. The lowest BCUT2D eigenvalue weighted by atomic mass is 9.80. The number of fused-ring (bicyclic) bond motifs is 1. The molecule has 53 heavy (non-hydrogen) atoms. The number of rotatable bonds is 16. The number of hydrogen-bond donors (Lipinski definition) is 4. The molecule has 1 aliphatic heterocycles. The molecule has 0 saturated heterocycles. The van der Waals surface area contributed by atoms with Gasteiger partial charge in [0, 0.05) is 61.2 Å². The van der Waals surface area contributed by atoms with Crippen molar-refractivity contribution in [2.75, 3.05) is 29.9 Å². The number of benzene rings is 2. The van der Waals surface area contributed by atoms with Crippen molar-refractivity contribution in [1.82, 2.24) is 4.73 Å². The molecular weight excluding hydrogens is 723 g/mol. The zero-order valence-corrected chi connectivity index (χ0v) is 32.5. The van der Waals surface area contributed by atoms with Crippen molar-refractivity contribution >= 4 is 37.6 Å². The Kier molecular flexibility index (Phi) is 12.6. The molecule has 4 rings (SSSR count). The van der Waals surface area contributed by atoms with Crippen LogP contribution in [0.25, 0.3) is 0 Å². The van der Waals surface area contributed by atoms with Gasteiger partial charge in [0.15, 0.2) is 0 Å². The van der Waals surface area contributed by atoms with Crippen molar-refractivity contribution in [1.29, 1.82) is 0 Å². The Bertz CT molecular complexity index is 2110. The maximum absolute atomic E-state index is 12.3. The van der Waals surface area contributed by atoms with E-state index in [1.165, 1.54) is 36.4 Å². The van der Waals surface area contributed by atoms with Crippen LogP contribution < -0.4 is 14.6 Å². The maximum Gasteiger partial charge on any atom is 0.333 e. The van der Waals surface area contributed by atoms with Gasteiger partial charge in [0.2, 0.25) is 11.8 Å². The van der Waals surface area contributed by atoms with Gasteiger partial charge in [0.1, 0.15) is 0 Å². The Labute approximate surface area is 312 Å². The molecule has 0 spiro atoms. The van der Waals surface area contributed by atoms with E-state index >= 15 is 0 Å². The lowest BCUT2D eigenvalue weighted by Gasteiger charge is -2.31. The van der Waals surface area contributed by atoms with E-state index in [9.17, 15) is 40.9 Å². The molecule has 0 saturated carbocycles. The molecule has 0 unspecified atom stereocenters. The van der Waals surface area contributed by atoms with Gasteiger partial charge in [-0.25, -0.2) is 4.79 Å². The second-order valence-corrected chi connectivity index (χ2v) is 17.0. The number of aromatic nitrogens is 1. The number of hydrogen-bond acceptors (Lipinski definition) is 10. The van der Waals surface area contributed by atoms with Crippen LogP contribution in [-0.4, -0.2) is 67.0 Å². The summed E-state index contributed by atoms with van der Waals surface area (Å²) in [6, 6.07) is 11.6. The van der Waals surface area contributed by atoms with Crippen LogP contribution >= 0.6 is 0 Å². The van der Waals surface area contributed by atoms with Crippen LogP contribution in [0, 0.1) is 0 Å². The Morgan fingerprint density at radius 2 is 1.51 bits per heavy atom. The quantitative estimate of drug-likeness (QED) is 0.0702. The van der Waals surface area contributed by atoms with Crippen molar-refractivity contribution in [2.24, 2.45) is 0 Å². The molecule has 15 heteroatoms. The van der Waals surface area contributed by atoms with Crippen molar-refractivity contribution in [3.8, 4) is 11.8 Å². The molecule has 0 atom stereocenters. The van der Waals surface area contributed by atoms with Crippen LogP contribution in [0.4, 0.5) is 11.4 Å².